The molecule has 1 aromatic carbocycles. The summed E-state index contributed by atoms with van der Waals surface area (Å²) < 4.78 is 0.486. The molecule has 1 aromatic rings. The van der Waals surface area contributed by atoms with E-state index in [1.165, 1.54) is 0 Å². The van der Waals surface area contributed by atoms with Crippen molar-refractivity contribution in [1.29, 1.82) is 0 Å². The summed E-state index contributed by atoms with van der Waals surface area (Å²) in [7, 11) is 4.10. The Labute approximate surface area is 134 Å². The zero-order valence-corrected chi connectivity index (χ0v) is 14.7. The van der Waals surface area contributed by atoms with E-state index in [9.17, 15) is 4.79 Å². The number of hydrogen-bond acceptors (Lipinski definition) is 2. The van der Waals surface area contributed by atoms with Crippen LogP contribution in [0.2, 0.25) is 0 Å². The molecule has 0 fully saturated rings. The van der Waals surface area contributed by atoms with E-state index in [1.54, 1.807) is 6.08 Å². The molecule has 0 atom stereocenters. The van der Waals surface area contributed by atoms with Gasteiger partial charge in [-0.2, -0.15) is 5.43 Å². The Bertz CT molecular complexity index is 518. The van der Waals surface area contributed by atoms with Crippen LogP contribution in [0.3, 0.4) is 0 Å². The standard InChI is InChI=1S/C18H29N3O/c1-7-18(3,4)20-21(5,6)15(2)13-17(22)19-14-16-11-9-8-10-12-16/h8-13,20H,7,14H2,1-6H3/p+1/b15-13+. The predicted molar refractivity (Wildman–Crippen MR) is 91.7 cm³/mol. The van der Waals surface area contributed by atoms with Gasteiger partial charge in [0, 0.05) is 13.5 Å². The van der Waals surface area contributed by atoms with Crippen molar-refractivity contribution < 1.29 is 9.39 Å². The summed E-state index contributed by atoms with van der Waals surface area (Å²) >= 11 is 0. The van der Waals surface area contributed by atoms with Crippen LogP contribution in [-0.2, 0) is 11.3 Å². The highest BCUT2D eigenvalue weighted by Gasteiger charge is 2.28. The Morgan fingerprint density at radius 1 is 1.23 bits per heavy atom. The number of quaternary nitrogens is 1. The van der Waals surface area contributed by atoms with E-state index in [1.807, 2.05) is 51.4 Å². The molecule has 22 heavy (non-hydrogen) atoms. The molecule has 0 aliphatic heterocycles. The maximum atomic E-state index is 12.1. The second-order valence-electron chi connectivity index (χ2n) is 6.79. The smallest absolute Gasteiger partial charge is 0.249 e. The van der Waals surface area contributed by atoms with Gasteiger partial charge >= 0.3 is 0 Å². The first kappa shape index (κ1) is 18.4. The molecule has 0 spiro atoms. The quantitative estimate of drug-likeness (QED) is 0.462. The van der Waals surface area contributed by atoms with Crippen LogP contribution in [0.25, 0.3) is 0 Å². The van der Waals surface area contributed by atoms with E-state index in [0.717, 1.165) is 17.7 Å². The van der Waals surface area contributed by atoms with E-state index >= 15 is 0 Å². The summed E-state index contributed by atoms with van der Waals surface area (Å²) in [4.78, 5) is 12.1. The zero-order chi connectivity index (χ0) is 16.8. The molecule has 4 heteroatoms. The molecule has 0 aromatic heterocycles. The number of rotatable bonds is 7. The van der Waals surface area contributed by atoms with E-state index in [4.69, 9.17) is 0 Å². The number of amides is 1. The number of benzene rings is 1. The van der Waals surface area contributed by atoms with Crippen molar-refractivity contribution in [2.75, 3.05) is 14.1 Å². The van der Waals surface area contributed by atoms with Crippen molar-refractivity contribution in [2.45, 2.75) is 46.2 Å². The first-order valence-electron chi connectivity index (χ1n) is 7.80. The third kappa shape index (κ3) is 6.00. The molecule has 0 aliphatic rings. The number of nitrogens with one attached hydrogen (secondary N) is 2. The maximum absolute atomic E-state index is 12.1. The van der Waals surface area contributed by atoms with Gasteiger partial charge in [0.15, 0.2) is 0 Å². The van der Waals surface area contributed by atoms with Crippen LogP contribution < -0.4 is 10.7 Å². The lowest BCUT2D eigenvalue weighted by Crippen LogP contribution is -2.59. The van der Waals surface area contributed by atoms with Crippen molar-refractivity contribution in [1.82, 2.24) is 10.7 Å². The molecule has 4 nitrogen and oxygen atoms in total. The summed E-state index contributed by atoms with van der Waals surface area (Å²) in [5.74, 6) is -0.0661. The van der Waals surface area contributed by atoms with Crippen molar-refractivity contribution in [2.24, 2.45) is 0 Å². The van der Waals surface area contributed by atoms with Crippen molar-refractivity contribution >= 4 is 5.91 Å². The minimum absolute atomic E-state index is 0.0130. The largest absolute Gasteiger partial charge is 0.348 e. The lowest BCUT2D eigenvalue weighted by atomic mass is 10.0. The molecule has 1 rings (SSSR count). The lowest BCUT2D eigenvalue weighted by molar-refractivity contribution is -0.904. The van der Waals surface area contributed by atoms with E-state index < -0.39 is 0 Å². The van der Waals surface area contributed by atoms with Crippen molar-refractivity contribution in [3.8, 4) is 0 Å². The summed E-state index contributed by atoms with van der Waals surface area (Å²) in [6, 6.07) is 9.92. The monoisotopic (exact) mass is 304 g/mol. The SMILES string of the molecule is CCC(C)(C)N[N+](C)(C)/C(C)=C/C(=O)NCc1ccccc1. The molecule has 0 heterocycles. The fourth-order valence-corrected chi connectivity index (χ4v) is 2.11. The highest BCUT2D eigenvalue weighted by Crippen LogP contribution is 2.15. The Morgan fingerprint density at radius 2 is 1.82 bits per heavy atom. The van der Waals surface area contributed by atoms with Crippen LogP contribution in [0.1, 0.15) is 39.7 Å². The highest BCUT2D eigenvalue weighted by molar-refractivity contribution is 5.87. The second kappa shape index (κ2) is 7.56. The summed E-state index contributed by atoms with van der Waals surface area (Å²) in [6.45, 7) is 9.00. The van der Waals surface area contributed by atoms with Gasteiger partial charge in [0.1, 0.15) is 5.70 Å². The Balaban J connectivity index is 2.64. The van der Waals surface area contributed by atoms with Crippen LogP contribution >= 0.6 is 0 Å². The maximum Gasteiger partial charge on any atom is 0.249 e. The Hall–Kier alpha value is -1.65. The van der Waals surface area contributed by atoms with Gasteiger partial charge in [-0.3, -0.25) is 4.79 Å². The van der Waals surface area contributed by atoms with Gasteiger partial charge in [0.2, 0.25) is 5.91 Å². The summed E-state index contributed by atoms with van der Waals surface area (Å²) in [5, 5.41) is 2.93. The first-order chi connectivity index (χ1) is 10.2. The van der Waals surface area contributed by atoms with Crippen LogP contribution in [0.15, 0.2) is 42.1 Å². The Morgan fingerprint density at radius 3 is 2.36 bits per heavy atom. The molecule has 0 saturated carbocycles. The molecule has 122 valence electrons. The second-order valence-corrected chi connectivity index (χ2v) is 6.79. The van der Waals surface area contributed by atoms with Gasteiger partial charge in [-0.25, -0.2) is 4.59 Å². The molecule has 0 saturated heterocycles. The number of allylic oxidation sites excluding steroid dienone is 1. The van der Waals surface area contributed by atoms with E-state index in [0.29, 0.717) is 11.1 Å². The van der Waals surface area contributed by atoms with Crippen molar-refractivity contribution in [3.63, 3.8) is 0 Å². The fraction of sp³-hybridized carbons (Fsp3) is 0.500. The summed E-state index contributed by atoms with van der Waals surface area (Å²) in [6.07, 6.45) is 2.68. The zero-order valence-electron chi connectivity index (χ0n) is 14.7. The minimum atomic E-state index is -0.0661. The highest BCUT2D eigenvalue weighted by atomic mass is 16.1. The van der Waals surface area contributed by atoms with E-state index in [-0.39, 0.29) is 11.4 Å². The molecule has 0 radical (unpaired) electrons. The number of hydrogen-bond donors (Lipinski definition) is 2. The molecule has 2 N–H and O–H groups in total. The average molecular weight is 304 g/mol. The van der Waals surface area contributed by atoms with Gasteiger partial charge in [0.05, 0.1) is 25.7 Å². The molecular weight excluding hydrogens is 274 g/mol. The topological polar surface area (TPSA) is 41.1 Å². The van der Waals surface area contributed by atoms with Gasteiger partial charge in [-0.15, -0.1) is 0 Å². The average Bonchev–Trinajstić information content (AvgIpc) is 2.45. The van der Waals surface area contributed by atoms with E-state index in [2.05, 4.69) is 31.5 Å². The lowest BCUT2D eigenvalue weighted by Gasteiger charge is -2.37. The minimum Gasteiger partial charge on any atom is -0.348 e. The van der Waals surface area contributed by atoms with Crippen LogP contribution in [-0.4, -0.2) is 30.1 Å². The van der Waals surface area contributed by atoms with Crippen molar-refractivity contribution in [3.05, 3.63) is 47.7 Å². The molecule has 0 unspecified atom stereocenters. The normalized spacial score (nSPS) is 13.1. The van der Waals surface area contributed by atoms with Gasteiger partial charge < -0.3 is 5.32 Å². The number of nitrogens with zero attached hydrogens (tertiary/aromatic N) is 1. The molecule has 0 bridgehead atoms. The van der Waals surface area contributed by atoms with Gasteiger partial charge in [0.25, 0.3) is 0 Å². The third-order valence-corrected chi connectivity index (χ3v) is 4.00. The molecule has 0 aliphatic carbocycles. The fourth-order valence-electron chi connectivity index (χ4n) is 2.11. The van der Waals surface area contributed by atoms with Crippen LogP contribution in [0.5, 0.6) is 0 Å². The van der Waals surface area contributed by atoms with Crippen LogP contribution in [0.4, 0.5) is 0 Å². The number of carbonyl (C=O) groups excluding carboxylic acids is 1. The number of carbonyl (C=O) groups is 1. The van der Waals surface area contributed by atoms with Gasteiger partial charge in [-0.05, 0) is 25.8 Å². The molecular formula is C18H30N3O+. The third-order valence-electron chi connectivity index (χ3n) is 4.00. The van der Waals surface area contributed by atoms with Gasteiger partial charge in [-0.1, -0.05) is 37.3 Å². The Kier molecular flexibility index (Phi) is 6.33. The van der Waals surface area contributed by atoms with Crippen LogP contribution in [0, 0.1) is 0 Å². The molecule has 1 amide bonds. The first-order valence-corrected chi connectivity index (χ1v) is 7.80. The summed E-state index contributed by atoms with van der Waals surface area (Å²) in [5.41, 5.74) is 5.63. The predicted octanol–water partition coefficient (Wildman–Crippen LogP) is 2.98.